The van der Waals surface area contributed by atoms with Crippen LogP contribution in [0.5, 0.6) is 11.5 Å². The molecular weight excluding hydrogens is 340 g/mol. The molecular formula is C22H26N2O3. The zero-order valence-corrected chi connectivity index (χ0v) is 15.5. The SMILES string of the molecule is O=C(NCc1ccc2c(c1)OCCCO2)c1ccc(C2CCCNC2)cc1. The molecule has 5 nitrogen and oxygen atoms in total. The van der Waals surface area contributed by atoms with Gasteiger partial charge in [-0.15, -0.1) is 0 Å². The number of fused-ring (bicyclic) bond motifs is 1. The molecule has 0 saturated carbocycles. The Kier molecular flexibility index (Phi) is 5.58. The number of piperidine rings is 1. The fourth-order valence-electron chi connectivity index (χ4n) is 3.65. The van der Waals surface area contributed by atoms with Gasteiger partial charge < -0.3 is 20.1 Å². The zero-order valence-electron chi connectivity index (χ0n) is 15.5. The Morgan fingerprint density at radius 3 is 2.63 bits per heavy atom. The molecule has 0 aliphatic carbocycles. The van der Waals surface area contributed by atoms with Crippen LogP contribution in [0, 0.1) is 0 Å². The van der Waals surface area contributed by atoms with Crippen molar-refractivity contribution in [2.45, 2.75) is 31.7 Å². The van der Waals surface area contributed by atoms with Crippen LogP contribution < -0.4 is 20.1 Å². The summed E-state index contributed by atoms with van der Waals surface area (Å²) in [5.74, 6) is 2.02. The summed E-state index contributed by atoms with van der Waals surface area (Å²) < 4.78 is 11.4. The second-order valence-corrected chi connectivity index (χ2v) is 7.18. The lowest BCUT2D eigenvalue weighted by atomic mass is 9.91. The van der Waals surface area contributed by atoms with Crippen LogP contribution in [0.25, 0.3) is 0 Å². The Labute approximate surface area is 160 Å². The van der Waals surface area contributed by atoms with Crippen molar-refractivity contribution >= 4 is 5.91 Å². The third-order valence-corrected chi connectivity index (χ3v) is 5.21. The van der Waals surface area contributed by atoms with Gasteiger partial charge >= 0.3 is 0 Å². The molecule has 0 aromatic heterocycles. The monoisotopic (exact) mass is 366 g/mol. The van der Waals surface area contributed by atoms with E-state index in [0.717, 1.165) is 36.6 Å². The van der Waals surface area contributed by atoms with Gasteiger partial charge in [-0.1, -0.05) is 18.2 Å². The standard InChI is InChI=1S/C22H26N2O3/c25-22(18-7-5-17(6-8-18)19-3-1-10-23-15-19)24-14-16-4-9-20-21(13-16)27-12-2-11-26-20/h4-9,13,19,23H,1-3,10-12,14-15H2,(H,24,25). The molecule has 0 bridgehead atoms. The number of hydrogen-bond donors (Lipinski definition) is 2. The highest BCUT2D eigenvalue weighted by molar-refractivity contribution is 5.94. The summed E-state index contributed by atoms with van der Waals surface area (Å²) in [5.41, 5.74) is 3.00. The Hall–Kier alpha value is -2.53. The summed E-state index contributed by atoms with van der Waals surface area (Å²) in [7, 11) is 0. The van der Waals surface area contributed by atoms with Gasteiger partial charge in [-0.3, -0.25) is 4.79 Å². The number of benzene rings is 2. The molecule has 1 unspecified atom stereocenters. The fourth-order valence-corrected chi connectivity index (χ4v) is 3.65. The summed E-state index contributed by atoms with van der Waals surface area (Å²) in [6, 6.07) is 13.8. The Morgan fingerprint density at radius 2 is 1.85 bits per heavy atom. The average molecular weight is 366 g/mol. The average Bonchev–Trinajstić information content (AvgIpc) is 2.98. The first-order valence-corrected chi connectivity index (χ1v) is 9.77. The maximum Gasteiger partial charge on any atom is 0.251 e. The van der Waals surface area contributed by atoms with Crippen LogP contribution in [0.15, 0.2) is 42.5 Å². The van der Waals surface area contributed by atoms with E-state index in [1.54, 1.807) is 0 Å². The van der Waals surface area contributed by atoms with E-state index in [2.05, 4.69) is 22.8 Å². The van der Waals surface area contributed by atoms with Crippen molar-refractivity contribution < 1.29 is 14.3 Å². The lowest BCUT2D eigenvalue weighted by molar-refractivity contribution is 0.0951. The number of nitrogens with one attached hydrogen (secondary N) is 2. The summed E-state index contributed by atoms with van der Waals surface area (Å²) in [5, 5.41) is 6.43. The molecule has 1 saturated heterocycles. The first-order chi connectivity index (χ1) is 13.3. The van der Waals surface area contributed by atoms with Crippen LogP contribution in [0.2, 0.25) is 0 Å². The predicted octanol–water partition coefficient (Wildman–Crippen LogP) is 3.24. The van der Waals surface area contributed by atoms with E-state index in [-0.39, 0.29) is 5.91 Å². The van der Waals surface area contributed by atoms with E-state index in [1.165, 1.54) is 18.4 Å². The van der Waals surface area contributed by atoms with Gasteiger partial charge in [0.15, 0.2) is 11.5 Å². The van der Waals surface area contributed by atoms with Gasteiger partial charge in [0.25, 0.3) is 5.91 Å². The van der Waals surface area contributed by atoms with Crippen LogP contribution in [0.3, 0.4) is 0 Å². The lowest BCUT2D eigenvalue weighted by Crippen LogP contribution is -2.28. The molecule has 2 N–H and O–H groups in total. The lowest BCUT2D eigenvalue weighted by Gasteiger charge is -2.23. The highest BCUT2D eigenvalue weighted by atomic mass is 16.5. The molecule has 2 aliphatic rings. The molecule has 2 aromatic rings. The molecule has 2 aliphatic heterocycles. The fraction of sp³-hybridized carbons (Fsp3) is 0.409. The van der Waals surface area contributed by atoms with Gasteiger partial charge in [0, 0.05) is 25.1 Å². The van der Waals surface area contributed by atoms with E-state index in [0.29, 0.717) is 31.2 Å². The highest BCUT2D eigenvalue weighted by Gasteiger charge is 2.16. The second kappa shape index (κ2) is 8.44. The van der Waals surface area contributed by atoms with Crippen LogP contribution in [-0.2, 0) is 6.54 Å². The molecule has 0 radical (unpaired) electrons. The smallest absolute Gasteiger partial charge is 0.251 e. The Bertz CT molecular complexity index is 783. The molecule has 27 heavy (non-hydrogen) atoms. The number of carbonyl (C=O) groups excluding carboxylic acids is 1. The second-order valence-electron chi connectivity index (χ2n) is 7.18. The maximum atomic E-state index is 12.5. The number of hydrogen-bond acceptors (Lipinski definition) is 4. The minimum atomic E-state index is -0.0598. The van der Waals surface area contributed by atoms with E-state index >= 15 is 0 Å². The van der Waals surface area contributed by atoms with Gasteiger partial charge in [-0.2, -0.15) is 0 Å². The van der Waals surface area contributed by atoms with Crippen molar-refractivity contribution in [1.29, 1.82) is 0 Å². The van der Waals surface area contributed by atoms with Crippen molar-refractivity contribution in [3.8, 4) is 11.5 Å². The summed E-state index contributed by atoms with van der Waals surface area (Å²) >= 11 is 0. The minimum Gasteiger partial charge on any atom is -0.490 e. The van der Waals surface area contributed by atoms with Gasteiger partial charge in [0.1, 0.15) is 0 Å². The van der Waals surface area contributed by atoms with Gasteiger partial charge in [-0.05, 0) is 60.7 Å². The zero-order chi connectivity index (χ0) is 18.5. The minimum absolute atomic E-state index is 0.0598. The number of ether oxygens (including phenoxy) is 2. The van der Waals surface area contributed by atoms with Crippen molar-refractivity contribution in [1.82, 2.24) is 10.6 Å². The van der Waals surface area contributed by atoms with Crippen molar-refractivity contribution in [2.75, 3.05) is 26.3 Å². The number of rotatable bonds is 4. The largest absolute Gasteiger partial charge is 0.490 e. The van der Waals surface area contributed by atoms with Crippen LogP contribution in [0.4, 0.5) is 0 Å². The molecule has 2 heterocycles. The van der Waals surface area contributed by atoms with E-state index in [4.69, 9.17) is 9.47 Å². The molecule has 1 amide bonds. The van der Waals surface area contributed by atoms with Crippen LogP contribution in [-0.4, -0.2) is 32.2 Å². The molecule has 1 atom stereocenters. The van der Waals surface area contributed by atoms with Crippen molar-refractivity contribution in [3.05, 3.63) is 59.2 Å². The molecule has 142 valence electrons. The molecule has 1 fully saturated rings. The Morgan fingerprint density at radius 1 is 1.04 bits per heavy atom. The quantitative estimate of drug-likeness (QED) is 0.872. The third-order valence-electron chi connectivity index (χ3n) is 5.21. The highest BCUT2D eigenvalue weighted by Crippen LogP contribution is 2.30. The van der Waals surface area contributed by atoms with E-state index < -0.39 is 0 Å². The summed E-state index contributed by atoms with van der Waals surface area (Å²) in [6.07, 6.45) is 3.30. The topological polar surface area (TPSA) is 59.6 Å². The Balaban J connectivity index is 1.35. The number of amides is 1. The molecule has 4 rings (SSSR count). The normalized spacial score (nSPS) is 19.2. The molecule has 0 spiro atoms. The van der Waals surface area contributed by atoms with E-state index in [9.17, 15) is 4.79 Å². The van der Waals surface area contributed by atoms with Crippen molar-refractivity contribution in [3.63, 3.8) is 0 Å². The first-order valence-electron chi connectivity index (χ1n) is 9.77. The van der Waals surface area contributed by atoms with Gasteiger partial charge in [0.2, 0.25) is 0 Å². The third kappa shape index (κ3) is 4.42. The molecule has 2 aromatic carbocycles. The summed E-state index contributed by atoms with van der Waals surface area (Å²) in [6.45, 7) is 3.93. The number of carbonyl (C=O) groups is 1. The van der Waals surface area contributed by atoms with Crippen LogP contribution >= 0.6 is 0 Å². The first kappa shape index (κ1) is 17.9. The van der Waals surface area contributed by atoms with Crippen molar-refractivity contribution in [2.24, 2.45) is 0 Å². The predicted molar refractivity (Wildman–Crippen MR) is 105 cm³/mol. The van der Waals surface area contributed by atoms with Gasteiger partial charge in [-0.25, -0.2) is 0 Å². The maximum absolute atomic E-state index is 12.5. The van der Waals surface area contributed by atoms with Gasteiger partial charge in [0.05, 0.1) is 13.2 Å². The summed E-state index contributed by atoms with van der Waals surface area (Å²) in [4.78, 5) is 12.5. The molecule has 5 heteroatoms. The van der Waals surface area contributed by atoms with E-state index in [1.807, 2.05) is 30.3 Å². The van der Waals surface area contributed by atoms with Crippen LogP contribution in [0.1, 0.15) is 46.7 Å².